The van der Waals surface area contributed by atoms with Crippen molar-refractivity contribution in [2.45, 2.75) is 204 Å². The molecule has 0 amide bonds. The van der Waals surface area contributed by atoms with Gasteiger partial charge in [0.15, 0.2) is 0 Å². The van der Waals surface area contributed by atoms with Crippen LogP contribution in [0.15, 0.2) is 133 Å². The average molecular weight is 1230 g/mol. The van der Waals surface area contributed by atoms with Gasteiger partial charge < -0.3 is 47.4 Å². The first-order valence-electron chi connectivity index (χ1n) is 33.1. The van der Waals surface area contributed by atoms with E-state index in [4.69, 9.17) is 47.4 Å². The van der Waals surface area contributed by atoms with Crippen molar-refractivity contribution in [1.82, 2.24) is 0 Å². The highest BCUT2D eigenvalue weighted by Gasteiger charge is 2.14. The number of hydrogen-bond acceptors (Lipinski definition) is 11. The van der Waals surface area contributed by atoms with Gasteiger partial charge in [-0.05, 0) is 182 Å². The summed E-state index contributed by atoms with van der Waals surface area (Å²) in [5.74, 6) is 6.78. The van der Waals surface area contributed by atoms with E-state index in [0.29, 0.717) is 80.7 Å². The van der Waals surface area contributed by atoms with Gasteiger partial charge in [0.1, 0.15) is 97.1 Å². The van der Waals surface area contributed by atoms with Gasteiger partial charge in [-0.25, -0.2) is 0 Å². The molecule has 0 bridgehead atoms. The molecule has 0 saturated heterocycles. The third-order valence-corrected chi connectivity index (χ3v) is 15.1. The van der Waals surface area contributed by atoms with Crippen LogP contribution in [-0.2, 0) is 46.2 Å². The minimum Gasteiger partial charge on any atom is -0.494 e. The number of aryl methyl sites for hydroxylation is 4. The smallest absolute Gasteiger partial charge is 0.123 e. The molecule has 0 aliphatic rings. The molecule has 0 atom stereocenters. The Morgan fingerprint density at radius 3 is 0.744 bits per heavy atom. The van der Waals surface area contributed by atoms with E-state index in [0.717, 1.165) is 124 Å². The van der Waals surface area contributed by atoms with Crippen molar-refractivity contribution in [2.24, 2.45) is 5.11 Å². The lowest BCUT2D eigenvalue weighted by Crippen LogP contribution is -2.04. The molecular weight excluding hydrogens is 1130 g/mol. The van der Waals surface area contributed by atoms with Crippen LogP contribution in [-0.4, -0.2) is 26.4 Å². The summed E-state index contributed by atoms with van der Waals surface area (Å²) in [6, 6.07) is 42.3. The summed E-state index contributed by atoms with van der Waals surface area (Å²) in [5, 5.41) is 3.90. The van der Waals surface area contributed by atoms with Crippen molar-refractivity contribution in [3.05, 3.63) is 199 Å². The van der Waals surface area contributed by atoms with E-state index in [9.17, 15) is 5.53 Å². The molecule has 13 nitrogen and oxygen atoms in total. The van der Waals surface area contributed by atoms with Crippen molar-refractivity contribution in [3.63, 3.8) is 0 Å². The molecule has 7 aromatic rings. The molecule has 0 N–H and O–H groups in total. The summed E-state index contributed by atoms with van der Waals surface area (Å²) in [7, 11) is 0. The Balaban J connectivity index is 1.11. The molecule has 0 radical (unpaired) electrons. The maximum atomic E-state index is 9.41. The lowest BCUT2D eigenvalue weighted by Gasteiger charge is -2.16. The third-order valence-electron chi connectivity index (χ3n) is 15.1. The van der Waals surface area contributed by atoms with Crippen LogP contribution in [0.2, 0.25) is 0 Å². The largest absolute Gasteiger partial charge is 0.494 e. The Morgan fingerprint density at radius 2 is 0.478 bits per heavy atom. The van der Waals surface area contributed by atoms with Crippen molar-refractivity contribution in [2.75, 3.05) is 26.4 Å². The molecule has 7 aromatic carbocycles. The van der Waals surface area contributed by atoms with Gasteiger partial charge in [0.25, 0.3) is 0 Å². The van der Waals surface area contributed by atoms with Gasteiger partial charge in [-0.3, -0.25) is 0 Å². The van der Waals surface area contributed by atoms with Crippen LogP contribution >= 0.6 is 0 Å². The maximum absolute atomic E-state index is 9.41. The molecule has 0 aliphatic carbocycles. The van der Waals surface area contributed by atoms with Gasteiger partial charge >= 0.3 is 0 Å². The number of nitrogens with zero attached hydrogens (tertiary/aromatic N) is 3. The maximum Gasteiger partial charge on any atom is 0.123 e. The standard InChI is InChI=1S/C77H99N3O10/c1-9-13-17-21-25-81-68-34-59(7)32-63(38-68)52-86-75-43-66(42-74(48-75)85-51-62-30-57(5)29-58(6)31-62)55-88-72-36-61(50-79-80-78)37-73(47-72)89-56-67-44-76(87-53-64-33-60(8)35-69(39-64)82-26-22-18-14-10-2)49-77(45-67)90-54-65-40-70(83-27-23-19-15-11-3)46-71(41-65)84-28-24-20-16-12-4/h29-49H,9-28,50-56H2,1-8H3. The number of benzene rings is 7. The lowest BCUT2D eigenvalue weighted by molar-refractivity contribution is 0.273. The Hall–Kier alpha value is -8.15. The number of unbranched alkanes of at least 4 members (excludes halogenated alkanes) is 12. The molecule has 482 valence electrons. The van der Waals surface area contributed by atoms with Gasteiger partial charge in [-0.2, -0.15) is 0 Å². The average Bonchev–Trinajstić information content (AvgIpc) is 2.72. The van der Waals surface area contributed by atoms with Crippen molar-refractivity contribution in [1.29, 1.82) is 0 Å². The van der Waals surface area contributed by atoms with E-state index in [1.54, 1.807) is 0 Å². The van der Waals surface area contributed by atoms with Crippen LogP contribution in [0.1, 0.15) is 192 Å². The SMILES string of the molecule is CCCCCCOc1cc(C)cc(COc2cc(COc3cc(CN=[N+]=[N-])cc(OCc4cc(OCc5cc(C)cc(OCCCCCC)c5)cc(OCc5cc(OCCCCCC)cc(OCCCCCC)c5)c4)c3)cc(OCc3cc(C)cc(C)c3)c2)c1. The van der Waals surface area contributed by atoms with Gasteiger partial charge in [0, 0.05) is 29.2 Å². The Morgan fingerprint density at radius 1 is 0.256 bits per heavy atom. The Kier molecular flexibility index (Phi) is 30.1. The van der Waals surface area contributed by atoms with Gasteiger partial charge in [-0.15, -0.1) is 0 Å². The van der Waals surface area contributed by atoms with Gasteiger partial charge in [0.2, 0.25) is 0 Å². The first kappa shape index (κ1) is 69.3. The monoisotopic (exact) mass is 1230 g/mol. The molecule has 0 spiro atoms. The van der Waals surface area contributed by atoms with E-state index in [-0.39, 0.29) is 26.4 Å². The second-order valence-corrected chi connectivity index (χ2v) is 23.8. The minimum atomic E-state index is 0.0942. The van der Waals surface area contributed by atoms with Crippen LogP contribution in [0.4, 0.5) is 0 Å². The zero-order valence-electron chi connectivity index (χ0n) is 55.1. The Bertz CT molecular complexity index is 3270. The number of hydrogen-bond donors (Lipinski definition) is 0. The van der Waals surface area contributed by atoms with Crippen molar-refractivity contribution >= 4 is 0 Å². The fourth-order valence-electron chi connectivity index (χ4n) is 10.7. The van der Waals surface area contributed by atoms with E-state index < -0.39 is 0 Å². The number of rotatable bonds is 44. The van der Waals surface area contributed by atoms with Crippen molar-refractivity contribution < 1.29 is 47.4 Å². The van der Waals surface area contributed by atoms with Crippen LogP contribution in [0, 0.1) is 27.7 Å². The van der Waals surface area contributed by atoms with Crippen LogP contribution in [0.5, 0.6) is 57.5 Å². The summed E-state index contributed by atoms with van der Waals surface area (Å²) < 4.78 is 64.4. The van der Waals surface area contributed by atoms with E-state index in [2.05, 4.69) is 120 Å². The minimum absolute atomic E-state index is 0.0942. The molecule has 13 heteroatoms. The predicted octanol–water partition coefficient (Wildman–Crippen LogP) is 21.0. The highest BCUT2D eigenvalue weighted by molar-refractivity contribution is 5.44. The zero-order chi connectivity index (χ0) is 63.6. The molecular formula is C77H99N3O10. The first-order valence-corrected chi connectivity index (χ1v) is 33.1. The molecule has 0 heterocycles. The van der Waals surface area contributed by atoms with E-state index >= 15 is 0 Å². The fourth-order valence-corrected chi connectivity index (χ4v) is 10.7. The molecule has 0 aromatic heterocycles. The topological polar surface area (TPSA) is 141 Å². The summed E-state index contributed by atoms with van der Waals surface area (Å²) >= 11 is 0. The summed E-state index contributed by atoms with van der Waals surface area (Å²) in [5.41, 5.74) is 20.3. The molecule has 0 aliphatic heterocycles. The highest BCUT2D eigenvalue weighted by Crippen LogP contribution is 2.33. The van der Waals surface area contributed by atoms with Crippen LogP contribution in [0.3, 0.4) is 0 Å². The van der Waals surface area contributed by atoms with Gasteiger partial charge in [0.05, 0.1) is 33.0 Å². The second-order valence-electron chi connectivity index (χ2n) is 23.8. The van der Waals surface area contributed by atoms with Crippen LogP contribution < -0.4 is 47.4 Å². The number of azide groups is 1. The number of ether oxygens (including phenoxy) is 10. The highest BCUT2D eigenvalue weighted by atomic mass is 16.5. The molecule has 0 fully saturated rings. The zero-order valence-corrected chi connectivity index (χ0v) is 55.1. The molecule has 90 heavy (non-hydrogen) atoms. The van der Waals surface area contributed by atoms with Crippen LogP contribution in [0.25, 0.3) is 10.4 Å². The van der Waals surface area contributed by atoms with Gasteiger partial charge in [-0.1, -0.05) is 151 Å². The van der Waals surface area contributed by atoms with E-state index in [1.165, 1.54) is 62.5 Å². The Labute approximate surface area is 537 Å². The lowest BCUT2D eigenvalue weighted by atomic mass is 10.1. The fraction of sp³-hybridized carbons (Fsp3) is 0.455. The molecule has 0 unspecified atom stereocenters. The van der Waals surface area contributed by atoms with Crippen molar-refractivity contribution in [3.8, 4) is 57.5 Å². The van der Waals surface area contributed by atoms with E-state index in [1.807, 2.05) is 72.8 Å². The second kappa shape index (κ2) is 39.1. The third kappa shape index (κ3) is 26.1. The molecule has 7 rings (SSSR count). The quantitative estimate of drug-likeness (QED) is 0.0157. The summed E-state index contributed by atoms with van der Waals surface area (Å²) in [4.78, 5) is 3.06. The predicted molar refractivity (Wildman–Crippen MR) is 361 cm³/mol. The first-order chi connectivity index (χ1) is 43.9. The summed E-state index contributed by atoms with van der Waals surface area (Å²) in [6.07, 6.45) is 18.1. The molecule has 0 saturated carbocycles. The normalized spacial score (nSPS) is 11.0. The summed E-state index contributed by atoms with van der Waals surface area (Å²) in [6.45, 7) is 21.6.